The van der Waals surface area contributed by atoms with Crippen LogP contribution in [0.15, 0.2) is 23.3 Å². The van der Waals surface area contributed by atoms with Crippen molar-refractivity contribution in [3.63, 3.8) is 0 Å². The molecule has 9 nitrogen and oxygen atoms in total. The largest absolute Gasteiger partial charge is 0.490 e. The summed E-state index contributed by atoms with van der Waals surface area (Å²) in [4.78, 5) is 24.5. The second-order valence-corrected chi connectivity index (χ2v) is 3.71. The number of nitro groups is 1. The van der Waals surface area contributed by atoms with Gasteiger partial charge in [0.15, 0.2) is 5.75 Å². The molecule has 0 aromatic heterocycles. The molecule has 1 N–H and O–H groups in total. The molecule has 1 aromatic carbocycles. The van der Waals surface area contributed by atoms with Crippen LogP contribution in [0.25, 0.3) is 10.4 Å². The minimum absolute atomic E-state index is 0.0248. The van der Waals surface area contributed by atoms with Crippen LogP contribution in [0, 0.1) is 10.1 Å². The molecule has 0 saturated heterocycles. The van der Waals surface area contributed by atoms with Gasteiger partial charge >= 0.3 is 5.69 Å². The molecule has 106 valence electrons. The molecule has 1 amide bonds. The molecule has 1 rings (SSSR count). The Bertz CT molecular complexity index is 554. The third-order valence-electron chi connectivity index (χ3n) is 2.42. The fourth-order valence-electron chi connectivity index (χ4n) is 1.47. The van der Waals surface area contributed by atoms with Crippen molar-refractivity contribution in [3.05, 3.63) is 44.3 Å². The lowest BCUT2D eigenvalue weighted by Crippen LogP contribution is -2.24. The second-order valence-electron chi connectivity index (χ2n) is 3.71. The number of ether oxygens (including phenoxy) is 1. The van der Waals surface area contributed by atoms with Gasteiger partial charge in [0.2, 0.25) is 0 Å². The summed E-state index contributed by atoms with van der Waals surface area (Å²) in [5, 5.41) is 16.7. The Kier molecular flexibility index (Phi) is 5.79. The Hall–Kier alpha value is -2.80. The van der Waals surface area contributed by atoms with E-state index in [1.165, 1.54) is 25.3 Å². The molecule has 0 aliphatic heterocycles. The molecule has 0 radical (unpaired) electrons. The topological polar surface area (TPSA) is 130 Å². The molecule has 0 fully saturated rings. The van der Waals surface area contributed by atoms with Crippen molar-refractivity contribution in [3.8, 4) is 5.75 Å². The average molecular weight is 279 g/mol. The van der Waals surface area contributed by atoms with Crippen LogP contribution in [0.1, 0.15) is 16.8 Å². The van der Waals surface area contributed by atoms with E-state index < -0.39 is 4.92 Å². The molecule has 20 heavy (non-hydrogen) atoms. The van der Waals surface area contributed by atoms with E-state index in [9.17, 15) is 14.9 Å². The molecule has 0 aliphatic rings. The molecule has 0 aliphatic carbocycles. The number of nitrogens with one attached hydrogen (secondary N) is 1. The zero-order valence-corrected chi connectivity index (χ0v) is 10.8. The lowest BCUT2D eigenvalue weighted by Gasteiger charge is -2.06. The van der Waals surface area contributed by atoms with Crippen molar-refractivity contribution in [2.45, 2.75) is 6.42 Å². The Morgan fingerprint density at radius 2 is 2.35 bits per heavy atom. The maximum Gasteiger partial charge on any atom is 0.310 e. The van der Waals surface area contributed by atoms with Crippen LogP contribution in [0.3, 0.4) is 0 Å². The Morgan fingerprint density at radius 3 is 2.95 bits per heavy atom. The number of amides is 1. The van der Waals surface area contributed by atoms with Gasteiger partial charge in [0.25, 0.3) is 5.91 Å². The summed E-state index contributed by atoms with van der Waals surface area (Å²) in [6.45, 7) is 0.636. The predicted octanol–water partition coefficient (Wildman–Crippen LogP) is 2.03. The number of methoxy groups -OCH3 is 1. The van der Waals surface area contributed by atoms with Gasteiger partial charge in [-0.2, -0.15) is 0 Å². The highest BCUT2D eigenvalue weighted by Gasteiger charge is 2.17. The maximum atomic E-state index is 11.8. The van der Waals surface area contributed by atoms with Crippen molar-refractivity contribution < 1.29 is 14.5 Å². The molecule has 0 atom stereocenters. The van der Waals surface area contributed by atoms with Gasteiger partial charge in [-0.25, -0.2) is 0 Å². The molecular weight excluding hydrogens is 266 g/mol. The van der Waals surface area contributed by atoms with Crippen LogP contribution >= 0.6 is 0 Å². The number of rotatable bonds is 7. The van der Waals surface area contributed by atoms with Gasteiger partial charge in [0.05, 0.1) is 12.0 Å². The Labute approximate surface area is 114 Å². The highest BCUT2D eigenvalue weighted by molar-refractivity contribution is 5.95. The fourth-order valence-corrected chi connectivity index (χ4v) is 1.47. The van der Waals surface area contributed by atoms with E-state index in [0.717, 1.165) is 0 Å². The van der Waals surface area contributed by atoms with Gasteiger partial charge < -0.3 is 10.1 Å². The summed E-state index contributed by atoms with van der Waals surface area (Å²) >= 11 is 0. The first-order valence-electron chi connectivity index (χ1n) is 5.71. The number of azide groups is 1. The number of benzene rings is 1. The van der Waals surface area contributed by atoms with E-state index >= 15 is 0 Å². The number of hydrogen-bond acceptors (Lipinski definition) is 5. The summed E-state index contributed by atoms with van der Waals surface area (Å²) in [6.07, 6.45) is 0.514. The molecule has 0 bridgehead atoms. The van der Waals surface area contributed by atoms with Crippen LogP contribution in [-0.2, 0) is 0 Å². The number of nitrogens with zero attached hydrogens (tertiary/aromatic N) is 4. The Balaban J connectivity index is 2.69. The number of carbonyl (C=O) groups excluding carboxylic acids is 1. The SMILES string of the molecule is COc1cc(C(=O)NCCCN=[N+]=[N-])ccc1[N+](=O)[O-]. The number of carbonyl (C=O) groups is 1. The third kappa shape index (κ3) is 4.14. The zero-order chi connectivity index (χ0) is 15.0. The van der Waals surface area contributed by atoms with Gasteiger partial charge in [-0.1, -0.05) is 5.11 Å². The van der Waals surface area contributed by atoms with Crippen molar-refractivity contribution in [2.75, 3.05) is 20.2 Å². The van der Waals surface area contributed by atoms with Gasteiger partial charge in [0.1, 0.15) is 0 Å². The monoisotopic (exact) mass is 279 g/mol. The molecule has 0 spiro atoms. The summed E-state index contributed by atoms with van der Waals surface area (Å²) in [5.41, 5.74) is 8.14. The van der Waals surface area contributed by atoms with Crippen LogP contribution in [0.2, 0.25) is 0 Å². The predicted molar refractivity (Wildman–Crippen MR) is 70.6 cm³/mol. The minimum atomic E-state index is -0.583. The lowest BCUT2D eigenvalue weighted by atomic mass is 10.1. The van der Waals surface area contributed by atoms with Crippen molar-refractivity contribution in [2.24, 2.45) is 5.11 Å². The second kappa shape index (κ2) is 7.59. The van der Waals surface area contributed by atoms with Gasteiger partial charge in [0, 0.05) is 35.7 Å². The standard InChI is InChI=1S/C11H13N5O4/c1-20-10-7-8(3-4-9(10)16(18)19)11(17)13-5-2-6-14-15-12/h3-4,7H,2,5-6H2,1H3,(H,13,17). The average Bonchev–Trinajstić information content (AvgIpc) is 2.45. The van der Waals surface area contributed by atoms with Crippen molar-refractivity contribution in [1.82, 2.24) is 5.32 Å². The Morgan fingerprint density at radius 1 is 1.60 bits per heavy atom. The maximum absolute atomic E-state index is 11.8. The van der Waals surface area contributed by atoms with E-state index in [1.54, 1.807) is 0 Å². The molecule has 0 unspecified atom stereocenters. The minimum Gasteiger partial charge on any atom is -0.490 e. The summed E-state index contributed by atoms with van der Waals surface area (Å²) < 4.78 is 4.88. The van der Waals surface area contributed by atoms with Crippen LogP contribution in [0.5, 0.6) is 5.75 Å². The highest BCUT2D eigenvalue weighted by Crippen LogP contribution is 2.27. The molecular formula is C11H13N5O4. The van der Waals surface area contributed by atoms with E-state index in [4.69, 9.17) is 10.3 Å². The van der Waals surface area contributed by atoms with Crippen LogP contribution < -0.4 is 10.1 Å². The van der Waals surface area contributed by atoms with Crippen LogP contribution in [0.4, 0.5) is 5.69 Å². The summed E-state index contributed by atoms with van der Waals surface area (Å²) in [7, 11) is 1.30. The van der Waals surface area contributed by atoms with Crippen molar-refractivity contribution >= 4 is 11.6 Å². The first-order valence-corrected chi connectivity index (χ1v) is 5.71. The van der Waals surface area contributed by atoms with Gasteiger partial charge in [-0.05, 0) is 18.0 Å². The lowest BCUT2D eigenvalue weighted by molar-refractivity contribution is -0.385. The van der Waals surface area contributed by atoms with Crippen LogP contribution in [-0.4, -0.2) is 31.0 Å². The fraction of sp³-hybridized carbons (Fsp3) is 0.364. The molecule has 9 heteroatoms. The quantitative estimate of drug-likeness (QED) is 0.204. The first kappa shape index (κ1) is 15.3. The van der Waals surface area contributed by atoms with E-state index in [0.29, 0.717) is 19.5 Å². The molecule has 0 heterocycles. The highest BCUT2D eigenvalue weighted by atomic mass is 16.6. The smallest absolute Gasteiger partial charge is 0.310 e. The number of hydrogen-bond donors (Lipinski definition) is 1. The summed E-state index contributed by atoms with van der Waals surface area (Å²) in [5.74, 6) is -0.351. The molecule has 1 aromatic rings. The van der Waals surface area contributed by atoms with E-state index in [2.05, 4.69) is 15.3 Å². The van der Waals surface area contributed by atoms with Gasteiger partial charge in [-0.3, -0.25) is 14.9 Å². The van der Waals surface area contributed by atoms with Crippen molar-refractivity contribution in [1.29, 1.82) is 0 Å². The first-order chi connectivity index (χ1) is 9.60. The third-order valence-corrected chi connectivity index (χ3v) is 2.42. The zero-order valence-electron chi connectivity index (χ0n) is 10.8. The number of nitro benzene ring substituents is 1. The molecule has 0 saturated carbocycles. The van der Waals surface area contributed by atoms with E-state index in [1.807, 2.05) is 0 Å². The van der Waals surface area contributed by atoms with Gasteiger partial charge in [-0.15, -0.1) is 0 Å². The normalized spacial score (nSPS) is 9.45. The van der Waals surface area contributed by atoms with E-state index in [-0.39, 0.29) is 22.9 Å². The summed E-state index contributed by atoms with van der Waals surface area (Å²) in [6, 6.07) is 3.87.